The number of methoxy groups -OCH3 is 1. The molecule has 1 unspecified atom stereocenters. The van der Waals surface area contributed by atoms with Crippen molar-refractivity contribution in [3.05, 3.63) is 76.2 Å². The van der Waals surface area contributed by atoms with Crippen molar-refractivity contribution in [1.82, 2.24) is 10.3 Å². The fraction of sp³-hybridized carbons (Fsp3) is 0.400. The molecule has 1 atom stereocenters. The average Bonchev–Trinajstić information content (AvgIpc) is 2.95. The number of aliphatic hydroxyl groups is 2. The second-order valence-electron chi connectivity index (χ2n) is 10.2. The molecule has 8 nitrogen and oxygen atoms in total. The Morgan fingerprint density at radius 1 is 1.07 bits per heavy atom. The summed E-state index contributed by atoms with van der Waals surface area (Å²) >= 11 is 5.86. The Morgan fingerprint density at radius 3 is 2.26 bits per heavy atom. The van der Waals surface area contributed by atoms with Gasteiger partial charge in [-0.05, 0) is 67.9 Å². The molecule has 1 amide bonds. The molecule has 5 N–H and O–H groups in total. The van der Waals surface area contributed by atoms with Crippen molar-refractivity contribution in [3.8, 4) is 22.8 Å². The Morgan fingerprint density at radius 2 is 1.72 bits per heavy atom. The minimum absolute atomic E-state index is 0.0434. The number of rotatable bonds is 10. The number of hydrogen-bond acceptors (Lipinski definition) is 7. The number of ether oxygens (including phenoxy) is 2. The van der Waals surface area contributed by atoms with E-state index in [4.69, 9.17) is 31.9 Å². The summed E-state index contributed by atoms with van der Waals surface area (Å²) in [6.45, 7) is 5.73. The fourth-order valence-electron chi connectivity index (χ4n) is 3.65. The van der Waals surface area contributed by atoms with Crippen molar-refractivity contribution in [3.63, 3.8) is 0 Å². The van der Waals surface area contributed by atoms with Crippen molar-refractivity contribution in [2.24, 2.45) is 5.73 Å². The van der Waals surface area contributed by atoms with Gasteiger partial charge in [-0.3, -0.25) is 4.79 Å². The van der Waals surface area contributed by atoms with Crippen LogP contribution in [0.15, 0.2) is 48.5 Å². The maximum atomic E-state index is 14.4. The summed E-state index contributed by atoms with van der Waals surface area (Å²) < 4.78 is 67.4. The van der Waals surface area contributed by atoms with Crippen molar-refractivity contribution < 1.29 is 42.0 Å². The second kappa shape index (κ2) is 14.8. The Kier molecular flexibility index (Phi) is 12.3. The summed E-state index contributed by atoms with van der Waals surface area (Å²) in [6.07, 6.45) is -4.04. The van der Waals surface area contributed by atoms with Crippen molar-refractivity contribution >= 4 is 17.5 Å². The molecule has 0 aliphatic heterocycles. The highest BCUT2D eigenvalue weighted by atomic mass is 35.5. The largest absolute Gasteiger partial charge is 0.493 e. The number of aliphatic hydroxyl groups excluding tert-OH is 1. The maximum Gasteiger partial charge on any atom is 0.424 e. The molecular formula is C30H36ClF4N3O5. The zero-order valence-corrected chi connectivity index (χ0v) is 25.2. The van der Waals surface area contributed by atoms with Gasteiger partial charge in [0.25, 0.3) is 5.91 Å². The van der Waals surface area contributed by atoms with Gasteiger partial charge >= 0.3 is 6.18 Å². The van der Waals surface area contributed by atoms with Crippen LogP contribution in [0.1, 0.15) is 55.7 Å². The number of alkyl halides is 3. The van der Waals surface area contributed by atoms with E-state index in [-0.39, 0.29) is 52.1 Å². The summed E-state index contributed by atoms with van der Waals surface area (Å²) in [5.41, 5.74) is 0.761. The third-order valence-electron chi connectivity index (χ3n) is 5.96. The highest BCUT2D eigenvalue weighted by molar-refractivity contribution is 6.31. The Balaban J connectivity index is 0.00000206. The van der Waals surface area contributed by atoms with Crippen LogP contribution in [0.3, 0.4) is 0 Å². The van der Waals surface area contributed by atoms with Gasteiger partial charge < -0.3 is 30.7 Å². The summed E-state index contributed by atoms with van der Waals surface area (Å²) in [6, 6.07) is 9.78. The van der Waals surface area contributed by atoms with Gasteiger partial charge in [-0.2, -0.15) is 13.2 Å². The molecule has 0 bridgehead atoms. The van der Waals surface area contributed by atoms with Crippen molar-refractivity contribution in [2.75, 3.05) is 26.9 Å². The lowest BCUT2D eigenvalue weighted by Crippen LogP contribution is -2.51. The van der Waals surface area contributed by atoms with Gasteiger partial charge in [0.1, 0.15) is 12.4 Å². The van der Waals surface area contributed by atoms with Crippen LogP contribution in [-0.4, -0.2) is 54.1 Å². The highest BCUT2D eigenvalue weighted by Crippen LogP contribution is 2.40. The number of nitrogens with one attached hydrogen (secondary N) is 1. The molecule has 0 saturated heterocycles. The first-order valence-corrected chi connectivity index (χ1v) is 13.7. The van der Waals surface area contributed by atoms with Crippen molar-refractivity contribution in [2.45, 2.75) is 51.4 Å². The number of hydrogen-bond donors (Lipinski definition) is 4. The van der Waals surface area contributed by atoms with E-state index >= 15 is 0 Å². The number of aromatic nitrogens is 1. The van der Waals surface area contributed by atoms with Crippen LogP contribution in [-0.2, 0) is 11.1 Å². The monoisotopic (exact) mass is 629 g/mol. The second-order valence-corrected chi connectivity index (χ2v) is 10.6. The molecule has 0 saturated carbocycles. The van der Waals surface area contributed by atoms with E-state index in [2.05, 4.69) is 24.1 Å². The van der Waals surface area contributed by atoms with Gasteiger partial charge in [-0.1, -0.05) is 31.9 Å². The lowest BCUT2D eigenvalue weighted by atomic mass is 9.89. The standard InChI is InChI=1S/C27H28ClF4N3O5.C3H8/c1-25(2,33)17-12-20(15-4-6-19(29)18(28)10-15)35-23(13-17)26(38,27(30,31)32)14-34-24(37)16-5-7-21(40-9-8-36)22(11-16)39-3;1-3-2/h4-7,10-13,36,38H,8-9,14,33H2,1-3H3,(H,34,37);3H2,1-2H3. The zero-order chi connectivity index (χ0) is 32.6. The number of carbonyl (C=O) groups excluding carboxylic acids is 1. The van der Waals surface area contributed by atoms with Gasteiger partial charge in [-0.15, -0.1) is 0 Å². The predicted octanol–water partition coefficient (Wildman–Crippen LogP) is 5.71. The first kappa shape index (κ1) is 35.7. The lowest BCUT2D eigenvalue weighted by molar-refractivity contribution is -0.265. The molecule has 3 rings (SSSR count). The van der Waals surface area contributed by atoms with E-state index in [1.807, 2.05) is 0 Å². The van der Waals surface area contributed by atoms with Crippen LogP contribution >= 0.6 is 11.6 Å². The molecular weight excluding hydrogens is 594 g/mol. The molecule has 3 aromatic rings. The molecule has 1 aromatic heterocycles. The van der Waals surface area contributed by atoms with Gasteiger partial charge in [0.05, 0.1) is 36.7 Å². The molecule has 0 aliphatic carbocycles. The number of halogens is 5. The van der Waals surface area contributed by atoms with Crippen LogP contribution in [0.4, 0.5) is 17.6 Å². The van der Waals surface area contributed by atoms with E-state index in [0.29, 0.717) is 0 Å². The molecule has 13 heteroatoms. The summed E-state index contributed by atoms with van der Waals surface area (Å²) in [5.74, 6) is -1.37. The predicted molar refractivity (Wildman–Crippen MR) is 156 cm³/mol. The highest BCUT2D eigenvalue weighted by Gasteiger charge is 2.56. The molecule has 1 heterocycles. The summed E-state index contributed by atoms with van der Waals surface area (Å²) in [5, 5.41) is 21.8. The van der Waals surface area contributed by atoms with Gasteiger partial charge in [0.2, 0.25) is 5.60 Å². The number of benzene rings is 2. The van der Waals surface area contributed by atoms with Gasteiger partial charge in [0, 0.05) is 16.7 Å². The normalized spacial score (nSPS) is 13.0. The third-order valence-corrected chi connectivity index (χ3v) is 6.25. The van der Waals surface area contributed by atoms with Crippen LogP contribution in [0.25, 0.3) is 11.3 Å². The Labute approximate surface area is 252 Å². The van der Waals surface area contributed by atoms with Crippen molar-refractivity contribution in [1.29, 1.82) is 0 Å². The first-order valence-electron chi connectivity index (χ1n) is 13.3. The molecule has 0 aliphatic rings. The Bertz CT molecular complexity index is 1400. The molecule has 236 valence electrons. The van der Waals surface area contributed by atoms with Gasteiger partial charge in [0.15, 0.2) is 11.5 Å². The van der Waals surface area contributed by atoms with Crippen LogP contribution < -0.4 is 20.5 Å². The van der Waals surface area contributed by atoms with E-state index in [9.17, 15) is 27.5 Å². The molecule has 0 fully saturated rings. The summed E-state index contributed by atoms with van der Waals surface area (Å²) in [4.78, 5) is 16.8. The SMILES string of the molecule is CCC.COc1cc(C(=O)NCC(O)(c2cc(C(C)(C)N)cc(-c3ccc(F)c(Cl)c3)n2)C(F)(F)F)ccc1OCCO. The topological polar surface area (TPSA) is 127 Å². The molecule has 43 heavy (non-hydrogen) atoms. The van der Waals surface area contributed by atoms with E-state index in [0.717, 1.165) is 12.1 Å². The van der Waals surface area contributed by atoms with Gasteiger partial charge in [-0.25, -0.2) is 9.37 Å². The number of carbonyl (C=O) groups is 1. The minimum Gasteiger partial charge on any atom is -0.493 e. The van der Waals surface area contributed by atoms with E-state index in [1.165, 1.54) is 49.9 Å². The van der Waals surface area contributed by atoms with E-state index < -0.39 is 41.3 Å². The molecule has 0 radical (unpaired) electrons. The third kappa shape index (κ3) is 9.02. The number of nitrogens with zero attached hydrogens (tertiary/aromatic N) is 1. The fourth-order valence-corrected chi connectivity index (χ4v) is 3.83. The number of nitrogens with two attached hydrogens (primary N) is 1. The lowest BCUT2D eigenvalue weighted by Gasteiger charge is -2.32. The summed E-state index contributed by atoms with van der Waals surface area (Å²) in [7, 11) is 1.30. The van der Waals surface area contributed by atoms with Crippen LogP contribution in [0.2, 0.25) is 5.02 Å². The quantitative estimate of drug-likeness (QED) is 0.212. The molecule has 0 spiro atoms. The van der Waals surface area contributed by atoms with E-state index in [1.54, 1.807) is 13.8 Å². The molecule has 2 aromatic carbocycles. The minimum atomic E-state index is -5.29. The van der Waals surface area contributed by atoms with Crippen LogP contribution in [0.5, 0.6) is 11.5 Å². The number of pyridine rings is 1. The zero-order valence-electron chi connectivity index (χ0n) is 24.5. The average molecular weight is 630 g/mol. The maximum absolute atomic E-state index is 14.4. The van der Waals surface area contributed by atoms with Crippen LogP contribution in [0, 0.1) is 5.82 Å². The number of amides is 1. The Hall–Kier alpha value is -3.45. The smallest absolute Gasteiger partial charge is 0.424 e. The first-order chi connectivity index (χ1) is 20.0.